The molecule has 0 spiro atoms. The van der Waals surface area contributed by atoms with Gasteiger partial charge in [0, 0.05) is 12.1 Å². The Kier molecular flexibility index (Phi) is 1.26. The SMILES string of the molecule is C[C@@H]1C[C@H]2CC[C@@H](C1)N2. The van der Waals surface area contributed by atoms with E-state index < -0.39 is 0 Å². The smallest absolute Gasteiger partial charge is 0.00727 e. The van der Waals surface area contributed by atoms with Gasteiger partial charge in [-0.25, -0.2) is 0 Å². The van der Waals surface area contributed by atoms with Crippen LogP contribution in [0.3, 0.4) is 0 Å². The first-order chi connectivity index (χ1) is 4.34. The summed E-state index contributed by atoms with van der Waals surface area (Å²) in [6.07, 6.45) is 5.73. The van der Waals surface area contributed by atoms with Gasteiger partial charge in [-0.1, -0.05) is 6.92 Å². The molecule has 0 amide bonds. The summed E-state index contributed by atoms with van der Waals surface area (Å²) >= 11 is 0. The Bertz CT molecular complexity index is 99.1. The molecule has 2 heterocycles. The van der Waals surface area contributed by atoms with Crippen LogP contribution in [0.25, 0.3) is 0 Å². The van der Waals surface area contributed by atoms with Crippen LogP contribution in [0.2, 0.25) is 0 Å². The van der Waals surface area contributed by atoms with E-state index in [-0.39, 0.29) is 0 Å². The topological polar surface area (TPSA) is 12.0 Å². The minimum atomic E-state index is 0.888. The lowest BCUT2D eigenvalue weighted by molar-refractivity contribution is 0.319. The normalized spacial score (nSPS) is 49.7. The second-order valence-corrected chi connectivity index (χ2v) is 3.71. The molecule has 2 saturated heterocycles. The molecule has 2 rings (SSSR count). The van der Waals surface area contributed by atoms with Crippen LogP contribution in [0, 0.1) is 5.92 Å². The second kappa shape index (κ2) is 1.98. The van der Waals surface area contributed by atoms with Gasteiger partial charge in [-0.3, -0.25) is 0 Å². The van der Waals surface area contributed by atoms with E-state index in [1.54, 1.807) is 0 Å². The summed E-state index contributed by atoms with van der Waals surface area (Å²) in [5, 5.41) is 3.62. The molecule has 9 heavy (non-hydrogen) atoms. The monoisotopic (exact) mass is 125 g/mol. The summed E-state index contributed by atoms with van der Waals surface area (Å²) in [7, 11) is 0. The van der Waals surface area contributed by atoms with Crippen LogP contribution in [0.1, 0.15) is 32.6 Å². The minimum Gasteiger partial charge on any atom is -0.311 e. The molecule has 0 saturated carbocycles. The number of nitrogens with one attached hydrogen (secondary N) is 1. The molecule has 0 unspecified atom stereocenters. The summed E-state index contributed by atoms with van der Waals surface area (Å²) in [5.74, 6) is 0.990. The highest BCUT2D eigenvalue weighted by molar-refractivity contribution is 4.90. The molecule has 0 aliphatic carbocycles. The van der Waals surface area contributed by atoms with E-state index in [0.29, 0.717) is 0 Å². The summed E-state index contributed by atoms with van der Waals surface area (Å²) in [4.78, 5) is 0. The number of hydrogen-bond donors (Lipinski definition) is 1. The van der Waals surface area contributed by atoms with Gasteiger partial charge in [0.15, 0.2) is 0 Å². The lowest BCUT2D eigenvalue weighted by atomic mass is 9.95. The molecular formula is C8H15N. The predicted molar refractivity (Wildman–Crippen MR) is 38.3 cm³/mol. The van der Waals surface area contributed by atoms with Gasteiger partial charge in [0.05, 0.1) is 0 Å². The first kappa shape index (κ1) is 5.72. The lowest BCUT2D eigenvalue weighted by Gasteiger charge is -2.25. The zero-order valence-electron chi connectivity index (χ0n) is 6.06. The largest absolute Gasteiger partial charge is 0.311 e. The van der Waals surface area contributed by atoms with Gasteiger partial charge in [0.2, 0.25) is 0 Å². The summed E-state index contributed by atoms with van der Waals surface area (Å²) in [5.41, 5.74) is 0. The van der Waals surface area contributed by atoms with Crippen molar-refractivity contribution in [3.8, 4) is 0 Å². The third kappa shape index (κ3) is 0.983. The van der Waals surface area contributed by atoms with Crippen molar-refractivity contribution in [1.29, 1.82) is 0 Å². The quantitative estimate of drug-likeness (QED) is 0.518. The van der Waals surface area contributed by atoms with Crippen LogP contribution in [0.15, 0.2) is 0 Å². The van der Waals surface area contributed by atoms with Crippen molar-refractivity contribution < 1.29 is 0 Å². The van der Waals surface area contributed by atoms with Gasteiger partial charge in [0.1, 0.15) is 0 Å². The molecule has 52 valence electrons. The van der Waals surface area contributed by atoms with Gasteiger partial charge >= 0.3 is 0 Å². The van der Waals surface area contributed by atoms with Crippen LogP contribution >= 0.6 is 0 Å². The zero-order chi connectivity index (χ0) is 6.27. The van der Waals surface area contributed by atoms with E-state index in [9.17, 15) is 0 Å². The maximum atomic E-state index is 3.62. The summed E-state index contributed by atoms with van der Waals surface area (Å²) in [6.45, 7) is 2.38. The molecule has 1 nitrogen and oxygen atoms in total. The number of rotatable bonds is 0. The van der Waals surface area contributed by atoms with Gasteiger partial charge < -0.3 is 5.32 Å². The molecule has 2 bridgehead atoms. The van der Waals surface area contributed by atoms with Crippen molar-refractivity contribution in [3.63, 3.8) is 0 Å². The molecule has 0 radical (unpaired) electrons. The fourth-order valence-electron chi connectivity index (χ4n) is 2.34. The van der Waals surface area contributed by atoms with Crippen LogP contribution in [0.4, 0.5) is 0 Å². The summed E-state index contributed by atoms with van der Waals surface area (Å²) in [6, 6.07) is 1.78. The fraction of sp³-hybridized carbons (Fsp3) is 1.00. The highest BCUT2D eigenvalue weighted by Gasteiger charge is 2.30. The molecule has 2 aliphatic rings. The second-order valence-electron chi connectivity index (χ2n) is 3.71. The van der Waals surface area contributed by atoms with Crippen molar-refractivity contribution in [1.82, 2.24) is 5.32 Å². The van der Waals surface area contributed by atoms with E-state index in [1.807, 2.05) is 0 Å². The maximum Gasteiger partial charge on any atom is 0.00727 e. The van der Waals surface area contributed by atoms with Crippen LogP contribution < -0.4 is 5.32 Å². The van der Waals surface area contributed by atoms with Gasteiger partial charge in [0.25, 0.3) is 0 Å². The van der Waals surface area contributed by atoms with Crippen molar-refractivity contribution in [2.75, 3.05) is 0 Å². The Morgan fingerprint density at radius 3 is 2.22 bits per heavy atom. The Labute approximate surface area is 56.8 Å². The molecule has 1 N–H and O–H groups in total. The Morgan fingerprint density at radius 1 is 1.11 bits per heavy atom. The van der Waals surface area contributed by atoms with E-state index in [1.165, 1.54) is 25.7 Å². The standard InChI is InChI=1S/C8H15N/c1-6-4-7-2-3-8(5-6)9-7/h6-9H,2-5H2,1H3/t6-,7-,8+. The van der Waals surface area contributed by atoms with Crippen molar-refractivity contribution in [2.45, 2.75) is 44.7 Å². The van der Waals surface area contributed by atoms with E-state index >= 15 is 0 Å². The van der Waals surface area contributed by atoms with Gasteiger partial charge in [-0.15, -0.1) is 0 Å². The molecule has 2 fully saturated rings. The lowest BCUT2D eigenvalue weighted by Crippen LogP contribution is -2.37. The number of hydrogen-bond acceptors (Lipinski definition) is 1. The highest BCUT2D eigenvalue weighted by Crippen LogP contribution is 2.29. The van der Waals surface area contributed by atoms with Crippen LogP contribution in [0.5, 0.6) is 0 Å². The Balaban J connectivity index is 2.03. The first-order valence-corrected chi connectivity index (χ1v) is 4.10. The molecule has 0 aromatic rings. The molecule has 3 atom stereocenters. The Hall–Kier alpha value is -0.0400. The van der Waals surface area contributed by atoms with E-state index in [2.05, 4.69) is 12.2 Å². The number of piperidine rings is 1. The molecular weight excluding hydrogens is 110 g/mol. The highest BCUT2D eigenvalue weighted by atomic mass is 15.0. The predicted octanol–water partition coefficient (Wildman–Crippen LogP) is 1.54. The van der Waals surface area contributed by atoms with Gasteiger partial charge in [-0.05, 0) is 31.6 Å². The minimum absolute atomic E-state index is 0.888. The zero-order valence-corrected chi connectivity index (χ0v) is 6.06. The Morgan fingerprint density at radius 2 is 1.67 bits per heavy atom. The van der Waals surface area contributed by atoms with Crippen LogP contribution in [-0.4, -0.2) is 12.1 Å². The average molecular weight is 125 g/mol. The third-order valence-corrected chi connectivity index (χ3v) is 2.71. The average Bonchev–Trinajstić information content (AvgIpc) is 2.11. The fourth-order valence-corrected chi connectivity index (χ4v) is 2.34. The van der Waals surface area contributed by atoms with Crippen molar-refractivity contribution in [3.05, 3.63) is 0 Å². The molecule has 0 aromatic carbocycles. The number of fused-ring (bicyclic) bond motifs is 2. The summed E-state index contributed by atoms with van der Waals surface area (Å²) < 4.78 is 0. The molecule has 1 heteroatoms. The third-order valence-electron chi connectivity index (χ3n) is 2.71. The van der Waals surface area contributed by atoms with Crippen molar-refractivity contribution in [2.24, 2.45) is 5.92 Å². The maximum absolute atomic E-state index is 3.62. The van der Waals surface area contributed by atoms with Gasteiger partial charge in [-0.2, -0.15) is 0 Å². The van der Waals surface area contributed by atoms with Crippen molar-refractivity contribution >= 4 is 0 Å². The van der Waals surface area contributed by atoms with Crippen LogP contribution in [-0.2, 0) is 0 Å². The molecule has 0 aromatic heterocycles. The first-order valence-electron chi connectivity index (χ1n) is 4.10. The van der Waals surface area contributed by atoms with E-state index in [0.717, 1.165) is 18.0 Å². The van der Waals surface area contributed by atoms with E-state index in [4.69, 9.17) is 0 Å². The molecule has 2 aliphatic heterocycles.